The highest BCUT2D eigenvalue weighted by Gasteiger charge is 2.76. The fourth-order valence-corrected chi connectivity index (χ4v) is 9.16. The van der Waals surface area contributed by atoms with Crippen molar-refractivity contribution in [2.45, 2.75) is 77.2 Å². The second-order valence-electron chi connectivity index (χ2n) is 11.6. The number of ketones is 1. The van der Waals surface area contributed by atoms with Gasteiger partial charge in [0.25, 0.3) is 0 Å². The number of Topliss-reactive ketones (excluding diaryl/α,β-unsaturated/α-hetero) is 1. The van der Waals surface area contributed by atoms with Gasteiger partial charge in [-0.05, 0) is 62.5 Å². The van der Waals surface area contributed by atoms with E-state index in [1.54, 1.807) is 0 Å². The average molecular weight is 455 g/mol. The largest absolute Gasteiger partial charge is 0.350 e. The van der Waals surface area contributed by atoms with Crippen LogP contribution < -0.4 is 0 Å². The van der Waals surface area contributed by atoms with Crippen molar-refractivity contribution < 1.29 is 23.7 Å². The van der Waals surface area contributed by atoms with Crippen molar-refractivity contribution in [3.8, 4) is 0 Å². The topological polar surface area (TPSA) is 71.8 Å². The van der Waals surface area contributed by atoms with E-state index < -0.39 is 11.4 Å². The average Bonchev–Trinajstić information content (AvgIpc) is 3.55. The second-order valence-corrected chi connectivity index (χ2v) is 11.6. The van der Waals surface area contributed by atoms with E-state index in [-0.39, 0.29) is 30.3 Å². The first-order chi connectivity index (χ1) is 15.9. The Morgan fingerprint density at radius 2 is 2.00 bits per heavy atom. The molecule has 7 rings (SSSR count). The van der Waals surface area contributed by atoms with Crippen LogP contribution in [0.2, 0.25) is 0 Å². The lowest BCUT2D eigenvalue weighted by Crippen LogP contribution is -2.65. The Balaban J connectivity index is 1.28. The molecule has 6 aliphatic rings. The Kier molecular flexibility index (Phi) is 4.14. The van der Waals surface area contributed by atoms with E-state index in [0.29, 0.717) is 30.6 Å². The first-order valence-corrected chi connectivity index (χ1v) is 12.7. The van der Waals surface area contributed by atoms with E-state index in [1.807, 2.05) is 6.20 Å². The smallest absolute Gasteiger partial charge is 0.226 e. The van der Waals surface area contributed by atoms with E-state index in [2.05, 4.69) is 36.6 Å². The van der Waals surface area contributed by atoms with Crippen LogP contribution in [0.3, 0.4) is 0 Å². The molecule has 2 aliphatic heterocycles. The van der Waals surface area contributed by atoms with Crippen LogP contribution in [0.4, 0.5) is 0 Å². The summed E-state index contributed by atoms with van der Waals surface area (Å²) in [5.74, 6) is 0.360. The number of hydrogen-bond acceptors (Lipinski definition) is 6. The summed E-state index contributed by atoms with van der Waals surface area (Å²) in [4.78, 5) is 14.1. The fraction of sp³-hybridized carbons (Fsp3) is 0.769. The van der Waals surface area contributed by atoms with Gasteiger partial charge in [-0.3, -0.25) is 9.48 Å². The van der Waals surface area contributed by atoms with Crippen LogP contribution in [0, 0.1) is 28.6 Å². The Morgan fingerprint density at radius 3 is 2.79 bits per heavy atom. The predicted molar refractivity (Wildman–Crippen MR) is 119 cm³/mol. The highest BCUT2D eigenvalue weighted by Crippen LogP contribution is 2.70. The van der Waals surface area contributed by atoms with Gasteiger partial charge in [0.2, 0.25) is 5.79 Å². The van der Waals surface area contributed by atoms with Crippen molar-refractivity contribution in [2.24, 2.45) is 28.6 Å². The minimum absolute atomic E-state index is 0.0582. The summed E-state index contributed by atoms with van der Waals surface area (Å²) in [6.07, 6.45) is 9.85. The maximum absolute atomic E-state index is 14.1. The van der Waals surface area contributed by atoms with E-state index >= 15 is 0 Å². The lowest BCUT2D eigenvalue weighted by atomic mass is 9.45. The van der Waals surface area contributed by atoms with Crippen molar-refractivity contribution >= 4 is 11.9 Å². The van der Waals surface area contributed by atoms with Gasteiger partial charge in [0.15, 0.2) is 13.6 Å². The Labute approximate surface area is 194 Å². The van der Waals surface area contributed by atoms with Crippen molar-refractivity contribution in [3.63, 3.8) is 0 Å². The summed E-state index contributed by atoms with van der Waals surface area (Å²) in [5, 5.41) is 4.61. The van der Waals surface area contributed by atoms with Gasteiger partial charge in [-0.1, -0.05) is 19.4 Å². The van der Waals surface area contributed by atoms with Crippen molar-refractivity contribution in [2.75, 3.05) is 20.2 Å². The molecule has 1 aromatic rings. The number of ether oxygens (including phenoxy) is 4. The Bertz CT molecular complexity index is 1050. The van der Waals surface area contributed by atoms with Crippen molar-refractivity contribution in [1.29, 1.82) is 0 Å². The number of hydrogen-bond donors (Lipinski definition) is 0. The molecule has 5 fully saturated rings. The molecule has 33 heavy (non-hydrogen) atoms. The molecule has 0 N–H and O–H groups in total. The minimum Gasteiger partial charge on any atom is -0.350 e. The third-order valence-electron chi connectivity index (χ3n) is 10.6. The first kappa shape index (κ1) is 20.8. The number of carbonyl (C=O) groups is 1. The van der Waals surface area contributed by atoms with Gasteiger partial charge < -0.3 is 18.9 Å². The van der Waals surface area contributed by atoms with Crippen LogP contribution >= 0.6 is 0 Å². The predicted octanol–water partition coefficient (Wildman–Crippen LogP) is 3.71. The van der Waals surface area contributed by atoms with Gasteiger partial charge in [0.1, 0.15) is 18.0 Å². The quantitative estimate of drug-likeness (QED) is 0.644. The summed E-state index contributed by atoms with van der Waals surface area (Å²) >= 11 is 0. The number of nitrogens with zero attached hydrogens (tertiary/aromatic N) is 2. The third kappa shape index (κ3) is 2.30. The zero-order valence-corrected chi connectivity index (χ0v) is 19.9. The monoisotopic (exact) mass is 454 g/mol. The summed E-state index contributed by atoms with van der Waals surface area (Å²) in [6, 6.07) is 0. The molecule has 7 nitrogen and oxygen atoms in total. The lowest BCUT2D eigenvalue weighted by molar-refractivity contribution is -0.246. The number of rotatable bonds is 1. The maximum Gasteiger partial charge on any atom is 0.226 e. The van der Waals surface area contributed by atoms with Crippen LogP contribution in [0.15, 0.2) is 11.8 Å². The fourth-order valence-electron chi connectivity index (χ4n) is 9.16. The van der Waals surface area contributed by atoms with Gasteiger partial charge in [0.05, 0.1) is 11.9 Å². The number of carbonyl (C=O) groups excluding carboxylic acids is 1. The molecule has 3 saturated carbocycles. The molecule has 1 unspecified atom stereocenters. The Hall–Kier alpha value is -1.54. The first-order valence-electron chi connectivity index (χ1n) is 12.7. The number of fused-ring (bicyclic) bond motifs is 8. The van der Waals surface area contributed by atoms with Crippen LogP contribution in [0.1, 0.15) is 64.1 Å². The SMILES string of the molecule is CCn1ncc2c1C=C1CC[C@@H]3[C@H](C(=O)C[C@@]4(C)[C@H]3CC[C@@]43OCOC34COCO4)[C@@]1(C)C2. The molecular formula is C26H34N2O5. The van der Waals surface area contributed by atoms with Gasteiger partial charge >= 0.3 is 0 Å². The van der Waals surface area contributed by atoms with Crippen molar-refractivity contribution in [3.05, 3.63) is 23.0 Å². The highest BCUT2D eigenvalue weighted by atomic mass is 16.9. The molecule has 1 aromatic heterocycles. The molecule has 0 radical (unpaired) electrons. The Morgan fingerprint density at radius 1 is 1.15 bits per heavy atom. The van der Waals surface area contributed by atoms with Gasteiger partial charge in [-0.2, -0.15) is 5.10 Å². The van der Waals surface area contributed by atoms with Crippen LogP contribution in [0.5, 0.6) is 0 Å². The second kappa shape index (κ2) is 6.56. The zero-order valence-electron chi connectivity index (χ0n) is 19.9. The lowest BCUT2D eigenvalue weighted by Gasteiger charge is -2.59. The van der Waals surface area contributed by atoms with E-state index in [1.165, 1.54) is 16.8 Å². The minimum atomic E-state index is -0.873. The van der Waals surface area contributed by atoms with E-state index in [4.69, 9.17) is 18.9 Å². The van der Waals surface area contributed by atoms with E-state index in [0.717, 1.165) is 38.6 Å². The molecule has 7 atom stereocenters. The summed E-state index contributed by atoms with van der Waals surface area (Å²) in [6.45, 7) is 8.45. The van der Waals surface area contributed by atoms with Crippen molar-refractivity contribution in [1.82, 2.24) is 9.78 Å². The molecular weight excluding hydrogens is 420 g/mol. The molecule has 0 bridgehead atoms. The molecule has 7 heteroatoms. The summed E-state index contributed by atoms with van der Waals surface area (Å²) in [5.41, 5.74) is 2.94. The maximum atomic E-state index is 14.1. The van der Waals surface area contributed by atoms with Gasteiger partial charge in [-0.15, -0.1) is 0 Å². The van der Waals surface area contributed by atoms with E-state index in [9.17, 15) is 4.79 Å². The number of allylic oxidation sites excluding steroid dienone is 1. The molecule has 2 saturated heterocycles. The molecule has 0 amide bonds. The molecule has 3 heterocycles. The van der Waals surface area contributed by atoms with Crippen LogP contribution in [0.25, 0.3) is 6.08 Å². The highest BCUT2D eigenvalue weighted by molar-refractivity contribution is 5.86. The third-order valence-corrected chi connectivity index (χ3v) is 10.6. The molecule has 178 valence electrons. The number of aromatic nitrogens is 2. The molecule has 2 spiro atoms. The standard InChI is InChI=1S/C26H34N2O5/c1-4-28-20-9-17-5-6-18-19-7-8-25(26(33-15-31-25)13-30-14-32-26)24(19,3)11-21(29)22(18)23(17,2)10-16(20)12-27-28/h9,12,18-19,22H,4-8,10-11,13-15H2,1-3H3/t18-,19-,22+,23-,24-,25+,26?/m0/s1. The van der Waals surface area contributed by atoms with Gasteiger partial charge in [0, 0.05) is 29.7 Å². The van der Waals surface area contributed by atoms with Gasteiger partial charge in [-0.25, -0.2) is 0 Å². The summed E-state index contributed by atoms with van der Waals surface area (Å²) in [7, 11) is 0. The van der Waals surface area contributed by atoms with Crippen LogP contribution in [-0.4, -0.2) is 47.1 Å². The number of aryl methyl sites for hydroxylation is 1. The summed E-state index contributed by atoms with van der Waals surface area (Å²) < 4.78 is 26.3. The molecule has 0 aromatic carbocycles. The molecule has 4 aliphatic carbocycles. The zero-order chi connectivity index (χ0) is 22.6. The van der Waals surface area contributed by atoms with Crippen LogP contribution in [-0.2, 0) is 36.7 Å². The normalized spacial score (nSPS) is 48.0.